The SMILES string of the molecule is CS(=O)(=O)Nc1cc(C(=O)N2CCCC2)ccc1Nc1cnn(CCO)c1N. The van der Waals surface area contributed by atoms with E-state index in [-0.39, 0.29) is 24.7 Å². The molecule has 1 aromatic heterocycles. The summed E-state index contributed by atoms with van der Waals surface area (Å²) in [5.41, 5.74) is 7.54. The minimum Gasteiger partial charge on any atom is -0.394 e. The molecule has 11 heteroatoms. The van der Waals surface area contributed by atoms with Gasteiger partial charge in [0.25, 0.3) is 5.91 Å². The third kappa shape index (κ3) is 4.54. The summed E-state index contributed by atoms with van der Waals surface area (Å²) in [6.07, 6.45) is 4.46. The normalized spacial score (nSPS) is 14.3. The van der Waals surface area contributed by atoms with E-state index < -0.39 is 10.0 Å². The minimum absolute atomic E-state index is 0.112. The molecule has 0 atom stereocenters. The minimum atomic E-state index is -3.57. The van der Waals surface area contributed by atoms with E-state index in [0.29, 0.717) is 35.8 Å². The van der Waals surface area contributed by atoms with Crippen LogP contribution in [0.4, 0.5) is 22.9 Å². The zero-order chi connectivity index (χ0) is 20.3. The van der Waals surface area contributed by atoms with E-state index in [9.17, 15) is 13.2 Å². The second kappa shape index (κ2) is 8.07. The molecule has 1 aliphatic rings. The molecule has 152 valence electrons. The number of carbonyl (C=O) groups is 1. The standard InChI is InChI=1S/C17H24N6O4S/c1-28(26,27)21-14-10-12(17(25)22-6-2-3-7-22)4-5-13(14)20-15-11-19-23(8-9-24)16(15)18/h4-5,10-11,20-21,24H,2-3,6-9,18H2,1H3. The Morgan fingerprint density at radius 1 is 1.25 bits per heavy atom. The van der Waals surface area contributed by atoms with Gasteiger partial charge in [0.15, 0.2) is 0 Å². The van der Waals surface area contributed by atoms with Crippen molar-refractivity contribution in [3.05, 3.63) is 30.0 Å². The van der Waals surface area contributed by atoms with Crippen LogP contribution in [0.5, 0.6) is 0 Å². The first-order valence-corrected chi connectivity index (χ1v) is 10.8. The number of likely N-dealkylation sites (tertiary alicyclic amines) is 1. The highest BCUT2D eigenvalue weighted by atomic mass is 32.2. The average molecular weight is 408 g/mol. The number of aromatic nitrogens is 2. The molecule has 2 aromatic rings. The summed E-state index contributed by atoms with van der Waals surface area (Å²) in [6, 6.07) is 4.78. The Hall–Kier alpha value is -2.79. The first kappa shape index (κ1) is 20.0. The monoisotopic (exact) mass is 408 g/mol. The van der Waals surface area contributed by atoms with Gasteiger partial charge >= 0.3 is 0 Å². The molecule has 3 rings (SSSR count). The number of carbonyl (C=O) groups excluding carboxylic acids is 1. The summed E-state index contributed by atoms with van der Waals surface area (Å²) < 4.78 is 27.5. The molecule has 2 heterocycles. The van der Waals surface area contributed by atoms with Crippen LogP contribution in [-0.2, 0) is 16.6 Å². The number of anilines is 4. The third-order valence-corrected chi connectivity index (χ3v) is 5.01. The maximum Gasteiger partial charge on any atom is 0.253 e. The second-order valence-electron chi connectivity index (χ2n) is 6.65. The summed E-state index contributed by atoms with van der Waals surface area (Å²) in [6.45, 7) is 1.53. The van der Waals surface area contributed by atoms with Crippen molar-refractivity contribution in [1.82, 2.24) is 14.7 Å². The summed E-state index contributed by atoms with van der Waals surface area (Å²) in [7, 11) is -3.57. The van der Waals surface area contributed by atoms with E-state index in [1.807, 2.05) is 0 Å². The van der Waals surface area contributed by atoms with Gasteiger partial charge in [-0.05, 0) is 31.0 Å². The number of rotatable bonds is 7. The summed E-state index contributed by atoms with van der Waals surface area (Å²) in [5, 5.41) is 16.1. The smallest absolute Gasteiger partial charge is 0.253 e. The Bertz CT molecular complexity index is 966. The molecule has 1 fully saturated rings. The lowest BCUT2D eigenvalue weighted by atomic mass is 10.1. The van der Waals surface area contributed by atoms with Crippen LogP contribution in [0.3, 0.4) is 0 Å². The number of aliphatic hydroxyl groups is 1. The van der Waals surface area contributed by atoms with Gasteiger partial charge in [0, 0.05) is 18.7 Å². The topological polar surface area (TPSA) is 143 Å². The molecule has 5 N–H and O–H groups in total. The first-order valence-electron chi connectivity index (χ1n) is 8.89. The molecule has 0 spiro atoms. The van der Waals surface area contributed by atoms with Gasteiger partial charge in [0.1, 0.15) is 11.5 Å². The highest BCUT2D eigenvalue weighted by Crippen LogP contribution is 2.30. The maximum atomic E-state index is 12.6. The van der Waals surface area contributed by atoms with Gasteiger partial charge in [0.2, 0.25) is 10.0 Å². The van der Waals surface area contributed by atoms with E-state index >= 15 is 0 Å². The van der Waals surface area contributed by atoms with Crippen molar-refractivity contribution in [2.75, 3.05) is 41.7 Å². The predicted octanol–water partition coefficient (Wildman–Crippen LogP) is 0.809. The molecule has 1 aromatic carbocycles. The third-order valence-electron chi connectivity index (χ3n) is 4.42. The van der Waals surface area contributed by atoms with Crippen LogP contribution >= 0.6 is 0 Å². The van der Waals surface area contributed by atoms with Gasteiger partial charge in [0.05, 0.1) is 37.0 Å². The van der Waals surface area contributed by atoms with Crippen LogP contribution < -0.4 is 15.8 Å². The zero-order valence-electron chi connectivity index (χ0n) is 15.6. The lowest BCUT2D eigenvalue weighted by Crippen LogP contribution is -2.27. The molecule has 0 aliphatic carbocycles. The Morgan fingerprint density at radius 3 is 2.61 bits per heavy atom. The quantitative estimate of drug-likeness (QED) is 0.531. The highest BCUT2D eigenvalue weighted by Gasteiger charge is 2.21. The van der Waals surface area contributed by atoms with Crippen LogP contribution in [0.1, 0.15) is 23.2 Å². The van der Waals surface area contributed by atoms with Crippen molar-refractivity contribution in [1.29, 1.82) is 0 Å². The van der Waals surface area contributed by atoms with E-state index in [2.05, 4.69) is 15.1 Å². The van der Waals surface area contributed by atoms with Crippen LogP contribution in [0.15, 0.2) is 24.4 Å². The molecule has 0 bridgehead atoms. The second-order valence-corrected chi connectivity index (χ2v) is 8.40. The Balaban J connectivity index is 1.92. The molecular weight excluding hydrogens is 384 g/mol. The summed E-state index contributed by atoms with van der Waals surface area (Å²) in [4.78, 5) is 14.4. The van der Waals surface area contributed by atoms with E-state index in [4.69, 9.17) is 10.8 Å². The van der Waals surface area contributed by atoms with Crippen LogP contribution in [-0.4, -0.2) is 60.1 Å². The van der Waals surface area contributed by atoms with Crippen molar-refractivity contribution in [2.45, 2.75) is 19.4 Å². The van der Waals surface area contributed by atoms with Gasteiger partial charge in [-0.3, -0.25) is 9.52 Å². The number of nitrogens with one attached hydrogen (secondary N) is 2. The Kier molecular flexibility index (Phi) is 5.75. The predicted molar refractivity (Wildman–Crippen MR) is 107 cm³/mol. The zero-order valence-corrected chi connectivity index (χ0v) is 16.4. The molecular formula is C17H24N6O4S. The highest BCUT2D eigenvalue weighted by molar-refractivity contribution is 7.92. The molecule has 1 aliphatic heterocycles. The first-order chi connectivity index (χ1) is 13.3. The Morgan fingerprint density at radius 2 is 1.96 bits per heavy atom. The van der Waals surface area contributed by atoms with E-state index in [0.717, 1.165) is 19.1 Å². The van der Waals surface area contributed by atoms with Gasteiger partial charge in [-0.2, -0.15) is 5.10 Å². The van der Waals surface area contributed by atoms with Gasteiger partial charge in [-0.15, -0.1) is 0 Å². The Labute approximate surface area is 163 Å². The number of nitrogens with two attached hydrogens (primary N) is 1. The maximum absolute atomic E-state index is 12.6. The molecule has 0 radical (unpaired) electrons. The van der Waals surface area contributed by atoms with Crippen molar-refractivity contribution in [3.8, 4) is 0 Å². The molecule has 10 nitrogen and oxygen atoms in total. The van der Waals surface area contributed by atoms with Crippen molar-refractivity contribution in [3.63, 3.8) is 0 Å². The number of hydrogen-bond acceptors (Lipinski definition) is 7. The van der Waals surface area contributed by atoms with Crippen LogP contribution in [0, 0.1) is 0 Å². The number of nitrogens with zero attached hydrogens (tertiary/aromatic N) is 3. The van der Waals surface area contributed by atoms with Gasteiger partial charge in [-0.25, -0.2) is 13.1 Å². The number of benzene rings is 1. The number of hydrogen-bond donors (Lipinski definition) is 4. The largest absolute Gasteiger partial charge is 0.394 e. The number of aliphatic hydroxyl groups excluding tert-OH is 1. The van der Waals surface area contributed by atoms with Gasteiger partial charge in [-0.1, -0.05) is 0 Å². The molecule has 1 saturated heterocycles. The number of sulfonamides is 1. The lowest BCUT2D eigenvalue weighted by Gasteiger charge is -2.18. The average Bonchev–Trinajstić information content (AvgIpc) is 3.27. The fraction of sp³-hybridized carbons (Fsp3) is 0.412. The van der Waals surface area contributed by atoms with Crippen LogP contribution in [0.25, 0.3) is 0 Å². The fourth-order valence-corrected chi connectivity index (χ4v) is 3.65. The lowest BCUT2D eigenvalue weighted by molar-refractivity contribution is 0.0793. The van der Waals surface area contributed by atoms with E-state index in [1.165, 1.54) is 16.9 Å². The van der Waals surface area contributed by atoms with Crippen molar-refractivity contribution in [2.24, 2.45) is 0 Å². The number of nitrogen functional groups attached to an aromatic ring is 1. The van der Waals surface area contributed by atoms with Crippen molar-refractivity contribution < 1.29 is 18.3 Å². The molecule has 28 heavy (non-hydrogen) atoms. The molecule has 0 unspecified atom stereocenters. The number of amides is 1. The molecule has 0 saturated carbocycles. The van der Waals surface area contributed by atoms with E-state index in [1.54, 1.807) is 17.0 Å². The summed E-state index contributed by atoms with van der Waals surface area (Å²) >= 11 is 0. The van der Waals surface area contributed by atoms with Crippen molar-refractivity contribution >= 4 is 38.8 Å². The summed E-state index contributed by atoms with van der Waals surface area (Å²) in [5.74, 6) is 0.174. The molecule has 1 amide bonds. The van der Waals surface area contributed by atoms with Gasteiger partial charge < -0.3 is 21.1 Å². The fourth-order valence-electron chi connectivity index (χ4n) is 3.08. The van der Waals surface area contributed by atoms with Crippen LogP contribution in [0.2, 0.25) is 0 Å².